The van der Waals surface area contributed by atoms with Crippen LogP contribution in [-0.2, 0) is 11.4 Å². The van der Waals surface area contributed by atoms with Crippen LogP contribution in [-0.4, -0.2) is 30.8 Å². The predicted octanol–water partition coefficient (Wildman–Crippen LogP) is 2.12. The van der Waals surface area contributed by atoms with E-state index < -0.39 is 6.10 Å². The number of amides is 1. The second-order valence-corrected chi connectivity index (χ2v) is 5.37. The molecule has 0 radical (unpaired) electrons. The minimum absolute atomic E-state index is 0.157. The molecule has 1 unspecified atom stereocenters. The van der Waals surface area contributed by atoms with E-state index in [0.29, 0.717) is 29.5 Å². The maximum atomic E-state index is 11.9. The molecule has 0 saturated carbocycles. The van der Waals surface area contributed by atoms with Crippen LogP contribution in [0.5, 0.6) is 11.5 Å². The van der Waals surface area contributed by atoms with Crippen molar-refractivity contribution in [2.75, 3.05) is 13.7 Å². The quantitative estimate of drug-likeness (QED) is 0.771. The summed E-state index contributed by atoms with van der Waals surface area (Å²) in [6.07, 6.45) is 0.318. The first-order valence-electron chi connectivity index (χ1n) is 7.20. The summed E-state index contributed by atoms with van der Waals surface area (Å²) in [5, 5.41) is 12.2. The van der Waals surface area contributed by atoms with Crippen molar-refractivity contribution in [2.24, 2.45) is 5.92 Å². The van der Waals surface area contributed by atoms with Crippen molar-refractivity contribution in [3.63, 3.8) is 0 Å². The number of benzene rings is 1. The lowest BCUT2D eigenvalue weighted by molar-refractivity contribution is -0.127. The number of ether oxygens (including phenoxy) is 2. The normalized spacial score (nSPS) is 12.1. The van der Waals surface area contributed by atoms with Gasteiger partial charge in [0.1, 0.15) is 11.5 Å². The lowest BCUT2D eigenvalue weighted by Crippen LogP contribution is -2.37. The molecule has 0 spiro atoms. The summed E-state index contributed by atoms with van der Waals surface area (Å²) in [4.78, 5) is 11.9. The fourth-order valence-corrected chi connectivity index (χ4v) is 1.79. The lowest BCUT2D eigenvalue weighted by atomic mass is 10.1. The third-order valence-corrected chi connectivity index (χ3v) is 3.13. The van der Waals surface area contributed by atoms with Crippen LogP contribution in [0.1, 0.15) is 32.8 Å². The number of nitrogens with one attached hydrogen (secondary N) is 1. The Morgan fingerprint density at radius 2 is 2.05 bits per heavy atom. The SMILES string of the molecule is COc1ccc(OC(C)C(=O)NCCC(C)C)c(CO)c1. The minimum atomic E-state index is -0.615. The Balaban J connectivity index is 2.61. The van der Waals surface area contributed by atoms with Crippen LogP contribution in [0.15, 0.2) is 18.2 Å². The molecule has 0 bridgehead atoms. The van der Waals surface area contributed by atoms with E-state index in [9.17, 15) is 9.90 Å². The van der Waals surface area contributed by atoms with Gasteiger partial charge in [-0.3, -0.25) is 4.79 Å². The minimum Gasteiger partial charge on any atom is -0.497 e. The van der Waals surface area contributed by atoms with Crippen molar-refractivity contribution < 1.29 is 19.4 Å². The van der Waals surface area contributed by atoms with E-state index >= 15 is 0 Å². The first kappa shape index (κ1) is 17.3. The number of methoxy groups -OCH3 is 1. The number of hydrogen-bond acceptors (Lipinski definition) is 4. The largest absolute Gasteiger partial charge is 0.497 e. The van der Waals surface area contributed by atoms with Crippen molar-refractivity contribution in [3.05, 3.63) is 23.8 Å². The zero-order valence-corrected chi connectivity index (χ0v) is 13.2. The van der Waals surface area contributed by atoms with Crippen LogP contribution in [0.3, 0.4) is 0 Å². The highest BCUT2D eigenvalue weighted by atomic mass is 16.5. The predicted molar refractivity (Wildman–Crippen MR) is 81.5 cm³/mol. The molecule has 1 atom stereocenters. The zero-order chi connectivity index (χ0) is 15.8. The van der Waals surface area contributed by atoms with Crippen molar-refractivity contribution in [2.45, 2.75) is 39.9 Å². The van der Waals surface area contributed by atoms with Crippen molar-refractivity contribution >= 4 is 5.91 Å². The highest BCUT2D eigenvalue weighted by molar-refractivity contribution is 5.80. The van der Waals surface area contributed by atoms with Crippen molar-refractivity contribution in [1.82, 2.24) is 5.32 Å². The summed E-state index contributed by atoms with van der Waals surface area (Å²) in [5.41, 5.74) is 0.594. The Bertz CT molecular complexity index is 460. The molecule has 1 aromatic rings. The van der Waals surface area contributed by atoms with E-state index in [1.807, 2.05) is 0 Å². The van der Waals surface area contributed by atoms with E-state index in [4.69, 9.17) is 9.47 Å². The molecule has 1 rings (SSSR count). The van der Waals surface area contributed by atoms with Crippen molar-refractivity contribution in [3.8, 4) is 11.5 Å². The molecule has 1 amide bonds. The molecular weight excluding hydrogens is 270 g/mol. The molecule has 0 heterocycles. The number of aliphatic hydroxyl groups excluding tert-OH is 1. The second-order valence-electron chi connectivity index (χ2n) is 5.37. The molecule has 0 aliphatic heterocycles. The topological polar surface area (TPSA) is 67.8 Å². The van der Waals surface area contributed by atoms with E-state index in [1.165, 1.54) is 0 Å². The van der Waals surface area contributed by atoms with Gasteiger partial charge >= 0.3 is 0 Å². The molecule has 118 valence electrons. The average molecular weight is 295 g/mol. The Kier molecular flexibility index (Phi) is 7.02. The third kappa shape index (κ3) is 5.63. The monoisotopic (exact) mass is 295 g/mol. The Morgan fingerprint density at radius 3 is 2.62 bits per heavy atom. The van der Waals surface area contributed by atoms with Gasteiger partial charge in [-0.15, -0.1) is 0 Å². The Morgan fingerprint density at radius 1 is 1.33 bits per heavy atom. The van der Waals surface area contributed by atoms with E-state index in [2.05, 4.69) is 19.2 Å². The van der Waals surface area contributed by atoms with Crippen LogP contribution in [0, 0.1) is 5.92 Å². The highest BCUT2D eigenvalue weighted by Gasteiger charge is 2.16. The summed E-state index contributed by atoms with van der Waals surface area (Å²) < 4.78 is 10.7. The van der Waals surface area contributed by atoms with E-state index in [0.717, 1.165) is 6.42 Å². The second kappa shape index (κ2) is 8.52. The highest BCUT2D eigenvalue weighted by Crippen LogP contribution is 2.25. The summed E-state index contributed by atoms with van der Waals surface area (Å²) in [6, 6.07) is 5.12. The van der Waals surface area contributed by atoms with Crippen LogP contribution in [0.25, 0.3) is 0 Å². The summed E-state index contributed by atoms with van der Waals surface area (Å²) in [5.74, 6) is 1.52. The van der Waals surface area contributed by atoms with E-state index in [1.54, 1.807) is 32.2 Å². The molecule has 0 fully saturated rings. The molecule has 2 N–H and O–H groups in total. The molecular formula is C16H25NO4. The van der Waals surface area contributed by atoms with Gasteiger partial charge in [-0.25, -0.2) is 0 Å². The van der Waals surface area contributed by atoms with Gasteiger partial charge in [-0.2, -0.15) is 0 Å². The van der Waals surface area contributed by atoms with E-state index in [-0.39, 0.29) is 12.5 Å². The molecule has 1 aromatic carbocycles. The van der Waals surface area contributed by atoms with Crippen molar-refractivity contribution in [1.29, 1.82) is 0 Å². The zero-order valence-electron chi connectivity index (χ0n) is 13.2. The first-order valence-corrected chi connectivity index (χ1v) is 7.20. The van der Waals surface area contributed by atoms with Crippen LogP contribution >= 0.6 is 0 Å². The molecule has 0 aliphatic rings. The lowest BCUT2D eigenvalue weighted by Gasteiger charge is -2.17. The van der Waals surface area contributed by atoms with Gasteiger partial charge in [0.2, 0.25) is 0 Å². The molecule has 0 saturated heterocycles. The van der Waals surface area contributed by atoms with Gasteiger partial charge < -0.3 is 19.9 Å². The molecule has 5 nitrogen and oxygen atoms in total. The molecule has 0 aliphatic carbocycles. The van der Waals surface area contributed by atoms with Gasteiger partial charge in [0, 0.05) is 12.1 Å². The van der Waals surface area contributed by atoms with Crippen LogP contribution in [0.2, 0.25) is 0 Å². The average Bonchev–Trinajstić information content (AvgIpc) is 2.46. The molecule has 21 heavy (non-hydrogen) atoms. The number of carbonyl (C=O) groups is 1. The number of hydrogen-bond donors (Lipinski definition) is 2. The first-order chi connectivity index (χ1) is 9.97. The van der Waals surface area contributed by atoms with Crippen LogP contribution in [0.4, 0.5) is 0 Å². The number of aliphatic hydroxyl groups is 1. The summed E-state index contributed by atoms with van der Waals surface area (Å²) in [7, 11) is 1.56. The van der Waals surface area contributed by atoms with Crippen LogP contribution < -0.4 is 14.8 Å². The molecule has 0 aromatic heterocycles. The number of rotatable bonds is 8. The Hall–Kier alpha value is -1.75. The molecule has 5 heteroatoms. The smallest absolute Gasteiger partial charge is 0.260 e. The Labute approximate surface area is 126 Å². The number of carbonyl (C=O) groups excluding carboxylic acids is 1. The standard InChI is InChI=1S/C16H25NO4/c1-11(2)7-8-17-16(19)12(3)21-15-6-5-14(20-4)9-13(15)10-18/h5-6,9,11-12,18H,7-8,10H2,1-4H3,(H,17,19). The fourth-order valence-electron chi connectivity index (χ4n) is 1.79. The van der Waals surface area contributed by atoms with Gasteiger partial charge in [0.05, 0.1) is 13.7 Å². The van der Waals surface area contributed by atoms with Gasteiger partial charge in [0.15, 0.2) is 6.10 Å². The third-order valence-electron chi connectivity index (χ3n) is 3.13. The van der Waals surface area contributed by atoms with Gasteiger partial charge in [0.25, 0.3) is 5.91 Å². The van der Waals surface area contributed by atoms with Gasteiger partial charge in [-0.1, -0.05) is 13.8 Å². The summed E-state index contributed by atoms with van der Waals surface area (Å²) >= 11 is 0. The summed E-state index contributed by atoms with van der Waals surface area (Å²) in [6.45, 7) is 6.37. The maximum Gasteiger partial charge on any atom is 0.260 e. The van der Waals surface area contributed by atoms with Gasteiger partial charge in [-0.05, 0) is 37.5 Å². The maximum absolute atomic E-state index is 11.9. The fraction of sp³-hybridized carbons (Fsp3) is 0.562.